The number of amides is 1. The fraction of sp³-hybridized carbons (Fsp3) is 0.0909. The molecule has 0 saturated heterocycles. The second-order valence-electron chi connectivity index (χ2n) is 6.44. The number of anilines is 2. The van der Waals surface area contributed by atoms with E-state index in [-0.39, 0.29) is 10.5 Å². The van der Waals surface area contributed by atoms with Crippen LogP contribution in [0.1, 0.15) is 21.5 Å². The molecule has 0 unspecified atom stereocenters. The maximum Gasteiger partial charge on any atom is 0.262 e. The van der Waals surface area contributed by atoms with Gasteiger partial charge in [-0.15, -0.1) is 0 Å². The summed E-state index contributed by atoms with van der Waals surface area (Å²) in [6, 6.07) is 22.1. The molecule has 0 spiro atoms. The van der Waals surface area contributed by atoms with Crippen molar-refractivity contribution in [2.45, 2.75) is 18.2 Å². The highest BCUT2D eigenvalue weighted by Crippen LogP contribution is 2.21. The smallest absolute Gasteiger partial charge is 0.262 e. The molecule has 0 aromatic heterocycles. The Morgan fingerprint density at radius 1 is 0.966 bits per heavy atom. The summed E-state index contributed by atoms with van der Waals surface area (Å²) in [6.45, 7) is 1.68. The Kier molecular flexibility index (Phi) is 5.96. The standard InChI is InChI=1S/C22H19N3O3S/c1-16-7-10-18(22(26)24-19-11-8-17(9-12-19)13-14-23)15-21(16)29(27,28)25-20-5-3-2-4-6-20/h2-12,15,25H,13H2,1H3,(H,24,26). The van der Waals surface area contributed by atoms with Crippen molar-refractivity contribution in [2.24, 2.45) is 0 Å². The second kappa shape index (κ2) is 8.59. The van der Waals surface area contributed by atoms with Crippen molar-refractivity contribution in [3.8, 4) is 6.07 Å². The lowest BCUT2D eigenvalue weighted by Crippen LogP contribution is -2.17. The largest absolute Gasteiger partial charge is 0.322 e. The van der Waals surface area contributed by atoms with Crippen LogP contribution in [0.3, 0.4) is 0 Å². The van der Waals surface area contributed by atoms with E-state index in [1.165, 1.54) is 6.07 Å². The number of aryl methyl sites for hydroxylation is 1. The Balaban J connectivity index is 1.82. The molecule has 2 N–H and O–H groups in total. The third kappa shape index (κ3) is 5.00. The van der Waals surface area contributed by atoms with Gasteiger partial charge in [-0.05, 0) is 54.4 Å². The van der Waals surface area contributed by atoms with Gasteiger partial charge < -0.3 is 5.32 Å². The van der Waals surface area contributed by atoms with E-state index in [9.17, 15) is 13.2 Å². The van der Waals surface area contributed by atoms with Crippen molar-refractivity contribution in [2.75, 3.05) is 10.0 Å². The predicted octanol–water partition coefficient (Wildman–Crippen LogP) is 4.11. The zero-order chi connectivity index (χ0) is 20.9. The van der Waals surface area contributed by atoms with E-state index in [0.717, 1.165) is 5.56 Å². The number of nitriles is 1. The number of nitrogens with zero attached hydrogens (tertiary/aromatic N) is 1. The van der Waals surface area contributed by atoms with Gasteiger partial charge in [0.1, 0.15) is 0 Å². The Morgan fingerprint density at radius 3 is 2.31 bits per heavy atom. The van der Waals surface area contributed by atoms with E-state index in [4.69, 9.17) is 5.26 Å². The van der Waals surface area contributed by atoms with Crippen LogP contribution < -0.4 is 10.0 Å². The fourth-order valence-corrected chi connectivity index (χ4v) is 4.08. The number of para-hydroxylation sites is 1. The molecule has 0 heterocycles. The van der Waals surface area contributed by atoms with E-state index in [1.807, 2.05) is 0 Å². The monoisotopic (exact) mass is 405 g/mol. The number of benzene rings is 3. The summed E-state index contributed by atoms with van der Waals surface area (Å²) >= 11 is 0. The van der Waals surface area contributed by atoms with Crippen LogP contribution in [0.25, 0.3) is 0 Å². The number of carbonyl (C=O) groups is 1. The van der Waals surface area contributed by atoms with Gasteiger partial charge in [-0.25, -0.2) is 8.42 Å². The third-order valence-corrected chi connectivity index (χ3v) is 5.78. The van der Waals surface area contributed by atoms with Crippen LogP contribution in [-0.4, -0.2) is 14.3 Å². The summed E-state index contributed by atoms with van der Waals surface area (Å²) in [6.07, 6.45) is 0.293. The first kappa shape index (κ1) is 20.1. The van der Waals surface area contributed by atoms with Gasteiger partial charge in [0.2, 0.25) is 0 Å². The number of hydrogen-bond donors (Lipinski definition) is 2. The van der Waals surface area contributed by atoms with Crippen LogP contribution in [0, 0.1) is 18.3 Å². The fourth-order valence-electron chi connectivity index (χ4n) is 2.75. The maximum absolute atomic E-state index is 12.8. The second-order valence-corrected chi connectivity index (χ2v) is 8.09. The summed E-state index contributed by atoms with van der Waals surface area (Å²) < 4.78 is 28.1. The van der Waals surface area contributed by atoms with E-state index < -0.39 is 15.9 Å². The molecule has 0 aliphatic carbocycles. The normalized spacial score (nSPS) is 10.8. The first-order valence-corrected chi connectivity index (χ1v) is 10.3. The molecule has 0 aliphatic heterocycles. The van der Waals surface area contributed by atoms with Crippen LogP contribution in [0.15, 0.2) is 77.7 Å². The molecule has 3 aromatic rings. The minimum Gasteiger partial charge on any atom is -0.322 e. The molecular formula is C22H19N3O3S. The number of nitrogens with one attached hydrogen (secondary N) is 2. The van der Waals surface area contributed by atoms with Crippen LogP contribution in [-0.2, 0) is 16.4 Å². The quantitative estimate of drug-likeness (QED) is 0.644. The van der Waals surface area contributed by atoms with Gasteiger partial charge in [0.15, 0.2) is 0 Å². The SMILES string of the molecule is Cc1ccc(C(=O)Nc2ccc(CC#N)cc2)cc1S(=O)(=O)Nc1ccccc1. The molecule has 3 rings (SSSR count). The van der Waals surface area contributed by atoms with Gasteiger partial charge in [0, 0.05) is 16.9 Å². The zero-order valence-electron chi connectivity index (χ0n) is 15.7. The first-order chi connectivity index (χ1) is 13.9. The van der Waals surface area contributed by atoms with Gasteiger partial charge >= 0.3 is 0 Å². The van der Waals surface area contributed by atoms with E-state index in [1.54, 1.807) is 73.7 Å². The first-order valence-electron chi connectivity index (χ1n) is 8.85. The lowest BCUT2D eigenvalue weighted by molar-refractivity contribution is 0.102. The van der Waals surface area contributed by atoms with Crippen molar-refractivity contribution >= 4 is 27.3 Å². The Morgan fingerprint density at radius 2 is 1.66 bits per heavy atom. The minimum atomic E-state index is -3.85. The van der Waals surface area contributed by atoms with E-state index >= 15 is 0 Å². The zero-order valence-corrected chi connectivity index (χ0v) is 16.5. The number of carbonyl (C=O) groups excluding carboxylic acids is 1. The molecule has 0 aliphatic rings. The summed E-state index contributed by atoms with van der Waals surface area (Å²) in [4.78, 5) is 12.6. The van der Waals surface area contributed by atoms with Crippen molar-refractivity contribution < 1.29 is 13.2 Å². The van der Waals surface area contributed by atoms with E-state index in [2.05, 4.69) is 16.1 Å². The van der Waals surface area contributed by atoms with Gasteiger partial charge in [-0.2, -0.15) is 5.26 Å². The lowest BCUT2D eigenvalue weighted by atomic mass is 10.1. The highest BCUT2D eigenvalue weighted by atomic mass is 32.2. The van der Waals surface area contributed by atoms with E-state index in [0.29, 0.717) is 23.4 Å². The maximum atomic E-state index is 12.8. The molecule has 146 valence electrons. The Hall–Kier alpha value is -3.63. The molecule has 6 nitrogen and oxygen atoms in total. The summed E-state index contributed by atoms with van der Waals surface area (Å²) in [5.41, 5.74) is 2.61. The van der Waals surface area contributed by atoms with Crippen LogP contribution in [0.5, 0.6) is 0 Å². The lowest BCUT2D eigenvalue weighted by Gasteiger charge is -2.12. The Bertz CT molecular complexity index is 1170. The van der Waals surface area contributed by atoms with Crippen LogP contribution in [0.2, 0.25) is 0 Å². The summed E-state index contributed by atoms with van der Waals surface area (Å²) in [7, 11) is -3.85. The molecule has 3 aromatic carbocycles. The van der Waals surface area contributed by atoms with Crippen molar-refractivity contribution in [3.63, 3.8) is 0 Å². The highest BCUT2D eigenvalue weighted by Gasteiger charge is 2.19. The van der Waals surface area contributed by atoms with Gasteiger partial charge in [0.05, 0.1) is 17.4 Å². The molecule has 0 fully saturated rings. The summed E-state index contributed by atoms with van der Waals surface area (Å²) in [5, 5.41) is 11.5. The van der Waals surface area contributed by atoms with Crippen molar-refractivity contribution in [1.82, 2.24) is 0 Å². The molecule has 7 heteroatoms. The topological polar surface area (TPSA) is 99.1 Å². The summed E-state index contributed by atoms with van der Waals surface area (Å²) in [5.74, 6) is -0.422. The van der Waals surface area contributed by atoms with Crippen molar-refractivity contribution in [3.05, 3.63) is 89.5 Å². The molecule has 29 heavy (non-hydrogen) atoms. The van der Waals surface area contributed by atoms with Gasteiger partial charge in [-0.1, -0.05) is 36.4 Å². The average Bonchev–Trinajstić information content (AvgIpc) is 2.70. The van der Waals surface area contributed by atoms with Crippen molar-refractivity contribution in [1.29, 1.82) is 5.26 Å². The molecular weight excluding hydrogens is 386 g/mol. The molecule has 0 bridgehead atoms. The van der Waals surface area contributed by atoms with Gasteiger partial charge in [0.25, 0.3) is 15.9 Å². The molecule has 0 radical (unpaired) electrons. The minimum absolute atomic E-state index is 0.0402. The van der Waals surface area contributed by atoms with Crippen LogP contribution in [0.4, 0.5) is 11.4 Å². The molecule has 0 saturated carbocycles. The highest BCUT2D eigenvalue weighted by molar-refractivity contribution is 7.92. The Labute approximate surface area is 169 Å². The number of rotatable bonds is 6. The molecule has 1 amide bonds. The number of sulfonamides is 1. The predicted molar refractivity (Wildman–Crippen MR) is 112 cm³/mol. The molecule has 0 atom stereocenters. The third-order valence-electron chi connectivity index (χ3n) is 4.26. The number of hydrogen-bond acceptors (Lipinski definition) is 4. The van der Waals surface area contributed by atoms with Gasteiger partial charge in [-0.3, -0.25) is 9.52 Å². The van der Waals surface area contributed by atoms with Crippen LogP contribution >= 0.6 is 0 Å². The average molecular weight is 405 g/mol.